The van der Waals surface area contributed by atoms with Gasteiger partial charge in [-0.2, -0.15) is 0 Å². The number of nitrogens with zero attached hydrogens (tertiary/aromatic N) is 3. The topological polar surface area (TPSA) is 67.8 Å². The van der Waals surface area contributed by atoms with Crippen molar-refractivity contribution in [3.8, 4) is 0 Å². The highest BCUT2D eigenvalue weighted by molar-refractivity contribution is 6.02. The van der Waals surface area contributed by atoms with E-state index in [9.17, 15) is 4.79 Å². The Morgan fingerprint density at radius 2 is 2.17 bits per heavy atom. The van der Waals surface area contributed by atoms with E-state index in [1.54, 1.807) is 37.4 Å². The Morgan fingerprint density at radius 3 is 2.83 bits per heavy atom. The lowest BCUT2D eigenvalue weighted by molar-refractivity contribution is 0.102. The Kier molecular flexibility index (Phi) is 3.62. The molecule has 92 valence electrons. The number of hydrogen-bond acceptors (Lipinski definition) is 4. The molecule has 5 nitrogen and oxygen atoms in total. The lowest BCUT2D eigenvalue weighted by Crippen LogP contribution is -2.15. The number of aromatic nitrogens is 3. The number of pyridine rings is 1. The Hall–Kier alpha value is -2.30. The summed E-state index contributed by atoms with van der Waals surface area (Å²) in [4.78, 5) is 24.3. The molecule has 5 heteroatoms. The van der Waals surface area contributed by atoms with Crippen molar-refractivity contribution in [3.05, 3.63) is 47.7 Å². The molecule has 0 bridgehead atoms. The summed E-state index contributed by atoms with van der Waals surface area (Å²) in [5, 5.41) is 2.72. The van der Waals surface area contributed by atoms with Crippen molar-refractivity contribution in [1.82, 2.24) is 15.0 Å². The number of anilines is 1. The first-order chi connectivity index (χ1) is 8.69. The van der Waals surface area contributed by atoms with Gasteiger partial charge >= 0.3 is 0 Å². The molecule has 0 aliphatic carbocycles. The molecule has 18 heavy (non-hydrogen) atoms. The molecule has 0 unspecified atom stereocenters. The van der Waals surface area contributed by atoms with E-state index in [-0.39, 0.29) is 5.91 Å². The minimum atomic E-state index is -0.268. The van der Waals surface area contributed by atoms with Gasteiger partial charge in [0.25, 0.3) is 5.91 Å². The number of hydrogen-bond donors (Lipinski definition) is 1. The minimum Gasteiger partial charge on any atom is -0.305 e. The molecule has 0 aromatic carbocycles. The fourth-order valence-corrected chi connectivity index (χ4v) is 1.55. The molecule has 1 N–H and O–H groups in total. The van der Waals surface area contributed by atoms with Gasteiger partial charge in [0.2, 0.25) is 0 Å². The first-order valence-corrected chi connectivity index (χ1v) is 5.76. The maximum absolute atomic E-state index is 11.9. The minimum absolute atomic E-state index is 0.268. The molecule has 2 aromatic heterocycles. The summed E-state index contributed by atoms with van der Waals surface area (Å²) < 4.78 is 0. The number of carbonyl (C=O) groups excluding carboxylic acids is 1. The summed E-state index contributed by atoms with van der Waals surface area (Å²) in [7, 11) is 0. The molecule has 0 atom stereocenters. The third kappa shape index (κ3) is 2.88. The third-order valence-electron chi connectivity index (χ3n) is 2.39. The van der Waals surface area contributed by atoms with Crippen LogP contribution in [0.4, 0.5) is 5.82 Å². The molecular weight excluding hydrogens is 228 g/mol. The molecule has 0 aliphatic rings. The van der Waals surface area contributed by atoms with Gasteiger partial charge in [-0.25, -0.2) is 9.97 Å². The smallest absolute Gasteiger partial charge is 0.275 e. The van der Waals surface area contributed by atoms with Gasteiger partial charge in [-0.05, 0) is 25.5 Å². The van der Waals surface area contributed by atoms with Gasteiger partial charge < -0.3 is 5.32 Å². The summed E-state index contributed by atoms with van der Waals surface area (Å²) >= 11 is 0. The second-order valence-electron chi connectivity index (χ2n) is 3.81. The molecule has 0 fully saturated rings. The molecule has 0 radical (unpaired) electrons. The number of carbonyl (C=O) groups is 1. The Balaban J connectivity index is 2.19. The van der Waals surface area contributed by atoms with Gasteiger partial charge in [0.05, 0.1) is 0 Å². The van der Waals surface area contributed by atoms with E-state index in [2.05, 4.69) is 20.3 Å². The standard InChI is InChI=1S/C13H14N4O/c1-3-10-8-12(16-9(2)15-10)17-13(18)11-6-4-5-7-14-11/h4-8H,3H2,1-2H3,(H,15,16,17,18). The largest absolute Gasteiger partial charge is 0.305 e. The molecule has 0 aliphatic heterocycles. The third-order valence-corrected chi connectivity index (χ3v) is 2.39. The van der Waals surface area contributed by atoms with Crippen molar-refractivity contribution in [2.45, 2.75) is 20.3 Å². The van der Waals surface area contributed by atoms with Gasteiger partial charge in [-0.15, -0.1) is 0 Å². The van der Waals surface area contributed by atoms with E-state index in [4.69, 9.17) is 0 Å². The zero-order valence-electron chi connectivity index (χ0n) is 10.3. The van der Waals surface area contributed by atoms with Crippen LogP contribution in [0, 0.1) is 6.92 Å². The van der Waals surface area contributed by atoms with Crippen LogP contribution in [0.5, 0.6) is 0 Å². The summed E-state index contributed by atoms with van der Waals surface area (Å²) in [6, 6.07) is 6.96. The van der Waals surface area contributed by atoms with Gasteiger partial charge in [-0.1, -0.05) is 13.0 Å². The average molecular weight is 242 g/mol. The van der Waals surface area contributed by atoms with Crippen LogP contribution in [0.2, 0.25) is 0 Å². The van der Waals surface area contributed by atoms with E-state index >= 15 is 0 Å². The van der Waals surface area contributed by atoms with E-state index < -0.39 is 0 Å². The average Bonchev–Trinajstić information content (AvgIpc) is 2.39. The summed E-state index contributed by atoms with van der Waals surface area (Å²) in [6.45, 7) is 3.81. The first-order valence-electron chi connectivity index (χ1n) is 5.76. The Labute approximate surface area is 105 Å². The number of rotatable bonds is 3. The van der Waals surface area contributed by atoms with Crippen molar-refractivity contribution in [2.75, 3.05) is 5.32 Å². The zero-order valence-corrected chi connectivity index (χ0v) is 10.3. The van der Waals surface area contributed by atoms with Crippen LogP contribution >= 0.6 is 0 Å². The van der Waals surface area contributed by atoms with Crippen LogP contribution in [0.3, 0.4) is 0 Å². The van der Waals surface area contributed by atoms with E-state index in [1.807, 2.05) is 6.92 Å². The second kappa shape index (κ2) is 5.35. The molecule has 2 aromatic rings. The fraction of sp³-hybridized carbons (Fsp3) is 0.231. The molecule has 2 rings (SSSR count). The molecule has 0 spiro atoms. The molecule has 0 saturated heterocycles. The highest BCUT2D eigenvalue weighted by Gasteiger charge is 2.08. The zero-order chi connectivity index (χ0) is 13.0. The molecule has 2 heterocycles. The van der Waals surface area contributed by atoms with Crippen LogP contribution in [-0.4, -0.2) is 20.9 Å². The van der Waals surface area contributed by atoms with E-state index in [0.29, 0.717) is 17.3 Å². The highest BCUT2D eigenvalue weighted by atomic mass is 16.1. The van der Waals surface area contributed by atoms with Crippen LogP contribution < -0.4 is 5.32 Å². The molecule has 1 amide bonds. The van der Waals surface area contributed by atoms with Crippen molar-refractivity contribution in [3.63, 3.8) is 0 Å². The van der Waals surface area contributed by atoms with E-state index in [0.717, 1.165) is 12.1 Å². The number of nitrogens with one attached hydrogen (secondary N) is 1. The van der Waals surface area contributed by atoms with Crippen molar-refractivity contribution < 1.29 is 4.79 Å². The summed E-state index contributed by atoms with van der Waals surface area (Å²) in [5.74, 6) is 0.886. The van der Waals surface area contributed by atoms with Gasteiger partial charge in [0, 0.05) is 18.0 Å². The van der Waals surface area contributed by atoms with Crippen molar-refractivity contribution in [2.24, 2.45) is 0 Å². The lowest BCUT2D eigenvalue weighted by atomic mass is 10.3. The monoisotopic (exact) mass is 242 g/mol. The van der Waals surface area contributed by atoms with Crippen LogP contribution in [0.25, 0.3) is 0 Å². The first kappa shape index (κ1) is 12.2. The van der Waals surface area contributed by atoms with Gasteiger partial charge in [-0.3, -0.25) is 9.78 Å². The van der Waals surface area contributed by atoms with Crippen molar-refractivity contribution in [1.29, 1.82) is 0 Å². The highest BCUT2D eigenvalue weighted by Crippen LogP contribution is 2.08. The summed E-state index contributed by atoms with van der Waals surface area (Å²) in [5.41, 5.74) is 1.27. The van der Waals surface area contributed by atoms with Gasteiger partial charge in [0.1, 0.15) is 17.3 Å². The number of aryl methyl sites for hydroxylation is 2. The maximum atomic E-state index is 11.9. The predicted molar refractivity (Wildman–Crippen MR) is 68.3 cm³/mol. The maximum Gasteiger partial charge on any atom is 0.275 e. The number of amides is 1. The van der Waals surface area contributed by atoms with Crippen LogP contribution in [-0.2, 0) is 6.42 Å². The fourth-order valence-electron chi connectivity index (χ4n) is 1.55. The molecular formula is C13H14N4O. The Bertz CT molecular complexity index is 554. The van der Waals surface area contributed by atoms with Crippen molar-refractivity contribution >= 4 is 11.7 Å². The summed E-state index contributed by atoms with van der Waals surface area (Å²) in [6.07, 6.45) is 2.38. The van der Waals surface area contributed by atoms with Crippen LogP contribution in [0.1, 0.15) is 28.9 Å². The lowest BCUT2D eigenvalue weighted by Gasteiger charge is -2.06. The molecule has 0 saturated carbocycles. The Morgan fingerprint density at radius 1 is 1.33 bits per heavy atom. The SMILES string of the molecule is CCc1cc(NC(=O)c2ccccn2)nc(C)n1. The second-order valence-corrected chi connectivity index (χ2v) is 3.81. The van der Waals surface area contributed by atoms with Crippen LogP contribution in [0.15, 0.2) is 30.5 Å². The van der Waals surface area contributed by atoms with Gasteiger partial charge in [0.15, 0.2) is 0 Å². The normalized spacial score (nSPS) is 10.1. The quantitative estimate of drug-likeness (QED) is 0.893. The predicted octanol–water partition coefficient (Wildman–Crippen LogP) is 1.99. The van der Waals surface area contributed by atoms with E-state index in [1.165, 1.54) is 0 Å².